The lowest BCUT2D eigenvalue weighted by atomic mass is 10.0. The van der Waals surface area contributed by atoms with E-state index in [0.717, 1.165) is 78.8 Å². The molecule has 0 saturated carbocycles. The van der Waals surface area contributed by atoms with E-state index in [9.17, 15) is 4.79 Å². The number of unbranched alkanes of at least 4 members (excludes halogenated alkanes) is 3. The van der Waals surface area contributed by atoms with Crippen LogP contribution in [-0.2, 0) is 19.5 Å². The van der Waals surface area contributed by atoms with E-state index in [1.54, 1.807) is 0 Å². The summed E-state index contributed by atoms with van der Waals surface area (Å²) in [5.74, 6) is 0.617. The molecule has 0 saturated heterocycles. The van der Waals surface area contributed by atoms with Crippen molar-refractivity contribution in [2.24, 2.45) is 0 Å². The van der Waals surface area contributed by atoms with Gasteiger partial charge in [-0.05, 0) is 48.2 Å². The number of hydrogen-bond acceptors (Lipinski definition) is 5. The van der Waals surface area contributed by atoms with Gasteiger partial charge in [-0.25, -0.2) is 9.89 Å². The fourth-order valence-electron chi connectivity index (χ4n) is 4.42. The number of imidazole rings is 1. The molecule has 8 nitrogen and oxygen atoms in total. The van der Waals surface area contributed by atoms with E-state index in [2.05, 4.69) is 41.4 Å². The molecule has 0 amide bonds. The Labute approximate surface area is 200 Å². The first-order valence-electron chi connectivity index (χ1n) is 12.2. The van der Waals surface area contributed by atoms with Gasteiger partial charge in [-0.1, -0.05) is 63.4 Å². The van der Waals surface area contributed by atoms with Crippen LogP contribution in [-0.4, -0.2) is 34.7 Å². The predicted octanol–water partition coefficient (Wildman–Crippen LogP) is 4.78. The van der Waals surface area contributed by atoms with Crippen molar-refractivity contribution < 1.29 is 0 Å². The summed E-state index contributed by atoms with van der Waals surface area (Å²) < 4.78 is 3.88. The summed E-state index contributed by atoms with van der Waals surface area (Å²) in [4.78, 5) is 18.0. The molecule has 0 aliphatic carbocycles. The molecule has 3 aromatic heterocycles. The number of hydrogen-bond donors (Lipinski definition) is 1. The highest BCUT2D eigenvalue weighted by atomic mass is 16.1. The van der Waals surface area contributed by atoms with Crippen molar-refractivity contribution in [2.75, 3.05) is 0 Å². The smallest absolute Gasteiger partial charge is 0.296 e. The molecular formula is C26H33N7O. The van der Waals surface area contributed by atoms with Crippen molar-refractivity contribution in [2.45, 2.75) is 72.4 Å². The average molecular weight is 460 g/mol. The van der Waals surface area contributed by atoms with Crippen molar-refractivity contribution >= 4 is 0 Å². The molecule has 8 heteroatoms. The monoisotopic (exact) mass is 459 g/mol. The standard InChI is InChI=1S/C26H33N7O/c1-4-6-10-16-32-19(3)24(13-7-5-2)33(26(32)34)18-21-15-14-20(17-27-21)22-11-8-9-12-23(22)25-28-30-31-29-25/h8-9,11-12,14-15,17H,4-7,10,13,16,18H2,1-3H3,(H,28,29,30,31). The Morgan fingerprint density at radius 3 is 2.41 bits per heavy atom. The molecule has 0 bridgehead atoms. The minimum atomic E-state index is 0.0775. The third-order valence-electron chi connectivity index (χ3n) is 6.35. The van der Waals surface area contributed by atoms with Crippen molar-refractivity contribution in [3.63, 3.8) is 0 Å². The highest BCUT2D eigenvalue weighted by Crippen LogP contribution is 2.29. The molecule has 0 aliphatic heterocycles. The molecular weight excluding hydrogens is 426 g/mol. The van der Waals surface area contributed by atoms with Gasteiger partial charge in [-0.3, -0.25) is 14.1 Å². The molecule has 1 N–H and O–H groups in total. The molecule has 0 fully saturated rings. The number of nitrogens with one attached hydrogen (secondary N) is 1. The fourth-order valence-corrected chi connectivity index (χ4v) is 4.42. The Morgan fingerprint density at radius 1 is 0.941 bits per heavy atom. The van der Waals surface area contributed by atoms with Gasteiger partial charge >= 0.3 is 5.69 Å². The van der Waals surface area contributed by atoms with Crippen LogP contribution in [0, 0.1) is 6.92 Å². The first-order chi connectivity index (χ1) is 16.6. The van der Waals surface area contributed by atoms with Crippen LogP contribution in [0.2, 0.25) is 0 Å². The molecule has 0 atom stereocenters. The largest absolute Gasteiger partial charge is 0.328 e. The SMILES string of the molecule is CCCCCn1c(C)c(CCCC)n(Cc2ccc(-c3ccccc3-c3nnn[nH]3)cn2)c1=O. The van der Waals surface area contributed by atoms with E-state index < -0.39 is 0 Å². The minimum Gasteiger partial charge on any atom is -0.296 e. The second kappa shape index (κ2) is 11.0. The summed E-state index contributed by atoms with van der Waals surface area (Å²) in [6.45, 7) is 7.71. The molecule has 3 heterocycles. The Bertz CT molecular complexity index is 1250. The Balaban J connectivity index is 1.62. The molecule has 0 aliphatic rings. The van der Waals surface area contributed by atoms with Gasteiger partial charge in [0.2, 0.25) is 0 Å². The summed E-state index contributed by atoms with van der Waals surface area (Å²) >= 11 is 0. The molecule has 0 radical (unpaired) electrons. The predicted molar refractivity (Wildman–Crippen MR) is 134 cm³/mol. The van der Waals surface area contributed by atoms with Crippen LogP contribution in [0.25, 0.3) is 22.5 Å². The van der Waals surface area contributed by atoms with Crippen LogP contribution in [0.5, 0.6) is 0 Å². The number of aromatic nitrogens is 7. The lowest BCUT2D eigenvalue weighted by Crippen LogP contribution is -2.26. The maximum atomic E-state index is 13.3. The molecule has 0 unspecified atom stereocenters. The van der Waals surface area contributed by atoms with Crippen LogP contribution in [0.4, 0.5) is 0 Å². The zero-order chi connectivity index (χ0) is 23.9. The highest BCUT2D eigenvalue weighted by Gasteiger charge is 2.17. The van der Waals surface area contributed by atoms with Gasteiger partial charge in [0, 0.05) is 35.3 Å². The van der Waals surface area contributed by atoms with Gasteiger partial charge < -0.3 is 0 Å². The number of H-pyrrole nitrogens is 1. The summed E-state index contributed by atoms with van der Waals surface area (Å²) in [6, 6.07) is 12.0. The van der Waals surface area contributed by atoms with E-state index in [4.69, 9.17) is 4.98 Å². The van der Waals surface area contributed by atoms with E-state index in [-0.39, 0.29) is 5.69 Å². The number of benzene rings is 1. The van der Waals surface area contributed by atoms with E-state index in [1.807, 2.05) is 51.7 Å². The molecule has 0 spiro atoms. The second-order valence-corrected chi connectivity index (χ2v) is 8.70. The normalized spacial score (nSPS) is 11.3. The highest BCUT2D eigenvalue weighted by molar-refractivity contribution is 5.79. The molecule has 34 heavy (non-hydrogen) atoms. The average Bonchev–Trinajstić information content (AvgIpc) is 3.47. The number of nitrogens with zero attached hydrogens (tertiary/aromatic N) is 6. The number of rotatable bonds is 11. The van der Waals surface area contributed by atoms with Crippen molar-refractivity contribution in [3.8, 4) is 22.5 Å². The molecule has 4 aromatic rings. The first-order valence-corrected chi connectivity index (χ1v) is 12.2. The van der Waals surface area contributed by atoms with Crippen LogP contribution >= 0.6 is 0 Å². The Morgan fingerprint density at radius 2 is 1.74 bits per heavy atom. The maximum absolute atomic E-state index is 13.3. The zero-order valence-electron chi connectivity index (χ0n) is 20.3. The Hall–Kier alpha value is -3.55. The maximum Gasteiger partial charge on any atom is 0.328 e. The lowest BCUT2D eigenvalue weighted by molar-refractivity contribution is 0.565. The topological polar surface area (TPSA) is 94.3 Å². The summed E-state index contributed by atoms with van der Waals surface area (Å²) in [5, 5.41) is 14.3. The number of pyridine rings is 1. The Kier molecular flexibility index (Phi) is 7.67. The van der Waals surface area contributed by atoms with Crippen LogP contribution in [0.1, 0.15) is 63.0 Å². The first kappa shape index (κ1) is 23.6. The van der Waals surface area contributed by atoms with Crippen molar-refractivity contribution in [1.29, 1.82) is 0 Å². The van der Waals surface area contributed by atoms with Crippen LogP contribution < -0.4 is 5.69 Å². The van der Waals surface area contributed by atoms with Gasteiger partial charge in [0.1, 0.15) is 0 Å². The van der Waals surface area contributed by atoms with Crippen molar-refractivity contribution in [1.82, 2.24) is 34.7 Å². The van der Waals surface area contributed by atoms with E-state index >= 15 is 0 Å². The summed E-state index contributed by atoms with van der Waals surface area (Å²) in [7, 11) is 0. The van der Waals surface area contributed by atoms with Gasteiger partial charge in [0.15, 0.2) is 5.82 Å². The number of tetrazole rings is 1. The van der Waals surface area contributed by atoms with Gasteiger partial charge in [-0.15, -0.1) is 5.10 Å². The number of aromatic amines is 1. The van der Waals surface area contributed by atoms with Gasteiger partial charge in [0.25, 0.3) is 0 Å². The third kappa shape index (κ3) is 5.00. The van der Waals surface area contributed by atoms with Crippen LogP contribution in [0.3, 0.4) is 0 Å². The summed E-state index contributed by atoms with van der Waals surface area (Å²) in [5.41, 5.74) is 6.07. The van der Waals surface area contributed by atoms with E-state index in [0.29, 0.717) is 12.4 Å². The minimum absolute atomic E-state index is 0.0775. The quantitative estimate of drug-likeness (QED) is 0.326. The molecule has 178 valence electrons. The zero-order valence-corrected chi connectivity index (χ0v) is 20.3. The fraction of sp³-hybridized carbons (Fsp3) is 0.423. The summed E-state index contributed by atoms with van der Waals surface area (Å²) in [6.07, 6.45) is 8.25. The van der Waals surface area contributed by atoms with Gasteiger partial charge in [-0.2, -0.15) is 0 Å². The van der Waals surface area contributed by atoms with Crippen molar-refractivity contribution in [3.05, 3.63) is 70.2 Å². The van der Waals surface area contributed by atoms with Gasteiger partial charge in [0.05, 0.1) is 12.2 Å². The molecule has 1 aromatic carbocycles. The lowest BCUT2D eigenvalue weighted by Gasteiger charge is -2.10. The second-order valence-electron chi connectivity index (χ2n) is 8.70. The van der Waals surface area contributed by atoms with Crippen LogP contribution in [0.15, 0.2) is 47.4 Å². The molecule has 4 rings (SSSR count). The van der Waals surface area contributed by atoms with E-state index in [1.165, 1.54) is 0 Å². The third-order valence-corrected chi connectivity index (χ3v) is 6.35.